The molecule has 0 atom stereocenters. The van der Waals surface area contributed by atoms with Gasteiger partial charge in [0.1, 0.15) is 11.6 Å². The molecule has 0 aliphatic heterocycles. The number of benzene rings is 2. The van der Waals surface area contributed by atoms with E-state index in [0.717, 1.165) is 34.6 Å². The van der Waals surface area contributed by atoms with Crippen molar-refractivity contribution in [3.63, 3.8) is 0 Å². The van der Waals surface area contributed by atoms with E-state index in [-0.39, 0.29) is 12.0 Å². The molecule has 2 aromatic carbocycles. The Hall–Kier alpha value is -4.51. The minimum atomic E-state index is -1.03. The average Bonchev–Trinajstić information content (AvgIpc) is 3.21. The van der Waals surface area contributed by atoms with Crippen LogP contribution in [0.4, 0.5) is 10.1 Å². The van der Waals surface area contributed by atoms with Gasteiger partial charge in [-0.15, -0.1) is 0 Å². The standard InChI is InChI=1S/C27H24FN5O2.C2H6/c1-15-10-23(32-14-20(15)28)33-22-11-18(13-30)21(31)12-19(22)24(25(33)27(2,3)8-9-29)16-4-6-17(7-5-16)26(34)35;1-2/h4-7,10-14,30H,8,31H2,1-3H3,(H,34,35);1-2H3. The number of aromatic carboxylic acids is 1. The highest BCUT2D eigenvalue weighted by Crippen LogP contribution is 2.45. The molecule has 0 radical (unpaired) electrons. The lowest BCUT2D eigenvalue weighted by Gasteiger charge is -2.26. The minimum absolute atomic E-state index is 0.150. The number of rotatable bonds is 6. The lowest BCUT2D eigenvalue weighted by Crippen LogP contribution is -2.22. The van der Waals surface area contributed by atoms with Gasteiger partial charge in [0.2, 0.25) is 0 Å². The van der Waals surface area contributed by atoms with Crippen LogP contribution in [0, 0.1) is 29.5 Å². The summed E-state index contributed by atoms with van der Waals surface area (Å²) in [5.41, 5.74) is 9.99. The second-order valence-corrected chi connectivity index (χ2v) is 9.09. The second-order valence-electron chi connectivity index (χ2n) is 9.09. The van der Waals surface area contributed by atoms with Crippen LogP contribution in [-0.4, -0.2) is 26.8 Å². The molecule has 0 fully saturated rings. The van der Waals surface area contributed by atoms with Gasteiger partial charge in [0.15, 0.2) is 0 Å². The van der Waals surface area contributed by atoms with Crippen molar-refractivity contribution in [1.29, 1.82) is 10.7 Å². The van der Waals surface area contributed by atoms with Crippen molar-refractivity contribution in [2.24, 2.45) is 0 Å². The first kappa shape index (κ1) is 27.1. The first-order chi connectivity index (χ1) is 17.6. The van der Waals surface area contributed by atoms with Crippen LogP contribution in [0.3, 0.4) is 0 Å². The number of carboxylic acids is 1. The molecule has 190 valence electrons. The SMILES string of the molecule is CC.Cc1cc(-n2c(C(C)(C)CC#N)c(-c3ccc(C(=O)O)cc3)c3cc(N)c(C=N)cc32)ncc1F. The molecule has 0 unspecified atom stereocenters. The van der Waals surface area contributed by atoms with E-state index in [9.17, 15) is 19.6 Å². The Bertz CT molecular complexity index is 1530. The molecule has 0 amide bonds. The molecule has 8 heteroatoms. The zero-order valence-corrected chi connectivity index (χ0v) is 21.6. The number of nitrogen functional groups attached to an aromatic ring is 1. The van der Waals surface area contributed by atoms with Gasteiger partial charge >= 0.3 is 5.97 Å². The fourth-order valence-corrected chi connectivity index (χ4v) is 4.37. The highest BCUT2D eigenvalue weighted by atomic mass is 19.1. The number of anilines is 1. The summed E-state index contributed by atoms with van der Waals surface area (Å²) in [6.45, 7) is 9.53. The summed E-state index contributed by atoms with van der Waals surface area (Å²) >= 11 is 0. The zero-order chi connectivity index (χ0) is 27.5. The molecule has 0 saturated heterocycles. The van der Waals surface area contributed by atoms with Crippen LogP contribution in [-0.2, 0) is 5.41 Å². The van der Waals surface area contributed by atoms with Crippen molar-refractivity contribution in [2.75, 3.05) is 5.73 Å². The van der Waals surface area contributed by atoms with Crippen molar-refractivity contribution in [1.82, 2.24) is 9.55 Å². The Labute approximate surface area is 215 Å². The number of nitrogens with zero attached hydrogens (tertiary/aromatic N) is 3. The van der Waals surface area contributed by atoms with Crippen molar-refractivity contribution in [2.45, 2.75) is 46.5 Å². The van der Waals surface area contributed by atoms with Crippen molar-refractivity contribution in [3.05, 3.63) is 76.9 Å². The molecular formula is C29H30FN5O2. The number of carbonyl (C=O) groups is 1. The fraction of sp³-hybridized carbons (Fsp3) is 0.241. The summed E-state index contributed by atoms with van der Waals surface area (Å²) in [5.74, 6) is -1.00. The van der Waals surface area contributed by atoms with Crippen molar-refractivity contribution in [3.8, 4) is 23.0 Å². The fourth-order valence-electron chi connectivity index (χ4n) is 4.37. The molecule has 4 N–H and O–H groups in total. The number of carboxylic acid groups (broad SMARTS) is 1. The number of aromatic nitrogens is 2. The van der Waals surface area contributed by atoms with Crippen LogP contribution in [0.15, 0.2) is 48.7 Å². The Morgan fingerprint density at radius 3 is 2.43 bits per heavy atom. The van der Waals surface area contributed by atoms with E-state index in [1.807, 2.05) is 32.3 Å². The summed E-state index contributed by atoms with van der Waals surface area (Å²) < 4.78 is 16.0. The minimum Gasteiger partial charge on any atom is -0.478 e. The van der Waals surface area contributed by atoms with Crippen LogP contribution >= 0.6 is 0 Å². The zero-order valence-electron chi connectivity index (χ0n) is 21.6. The maximum Gasteiger partial charge on any atom is 0.335 e. The molecular weight excluding hydrogens is 469 g/mol. The van der Waals surface area contributed by atoms with Gasteiger partial charge in [-0.3, -0.25) is 4.57 Å². The van der Waals surface area contributed by atoms with Crippen LogP contribution in [0.25, 0.3) is 27.8 Å². The van der Waals surface area contributed by atoms with E-state index in [1.54, 1.807) is 37.3 Å². The first-order valence-electron chi connectivity index (χ1n) is 11.9. The third-order valence-corrected chi connectivity index (χ3v) is 6.17. The lowest BCUT2D eigenvalue weighted by molar-refractivity contribution is 0.0697. The molecule has 4 aromatic rings. The summed E-state index contributed by atoms with van der Waals surface area (Å²) in [6.07, 6.45) is 2.50. The predicted octanol–water partition coefficient (Wildman–Crippen LogP) is 6.64. The molecule has 37 heavy (non-hydrogen) atoms. The van der Waals surface area contributed by atoms with E-state index >= 15 is 0 Å². The van der Waals surface area contributed by atoms with E-state index in [4.69, 9.17) is 11.1 Å². The number of nitriles is 1. The van der Waals surface area contributed by atoms with Gasteiger partial charge in [-0.05, 0) is 48.4 Å². The summed E-state index contributed by atoms with van der Waals surface area (Å²) in [5, 5.41) is 27.5. The third kappa shape index (κ3) is 4.94. The monoisotopic (exact) mass is 499 g/mol. The van der Waals surface area contributed by atoms with Crippen LogP contribution < -0.4 is 5.73 Å². The smallest absolute Gasteiger partial charge is 0.335 e. The van der Waals surface area contributed by atoms with Gasteiger partial charge < -0.3 is 16.2 Å². The molecule has 0 aliphatic carbocycles. The quantitative estimate of drug-likeness (QED) is 0.202. The number of hydrogen-bond donors (Lipinski definition) is 3. The first-order valence-corrected chi connectivity index (χ1v) is 11.9. The van der Waals surface area contributed by atoms with E-state index in [2.05, 4.69) is 11.1 Å². The number of pyridine rings is 1. The van der Waals surface area contributed by atoms with Gasteiger partial charge in [0, 0.05) is 45.9 Å². The number of halogens is 1. The molecule has 0 bridgehead atoms. The summed E-state index contributed by atoms with van der Waals surface area (Å²) in [6, 6.07) is 13.9. The van der Waals surface area contributed by atoms with Gasteiger partial charge in [0.25, 0.3) is 0 Å². The van der Waals surface area contributed by atoms with Crippen molar-refractivity contribution >= 4 is 28.8 Å². The molecule has 7 nitrogen and oxygen atoms in total. The van der Waals surface area contributed by atoms with Gasteiger partial charge in [0.05, 0.1) is 23.3 Å². The maximum absolute atomic E-state index is 14.1. The Balaban J connectivity index is 0.00000186. The average molecular weight is 500 g/mol. The number of fused-ring (bicyclic) bond motifs is 1. The van der Waals surface area contributed by atoms with Gasteiger partial charge in [-0.2, -0.15) is 5.26 Å². The molecule has 2 aromatic heterocycles. The Morgan fingerprint density at radius 1 is 1.24 bits per heavy atom. The van der Waals surface area contributed by atoms with Crippen LogP contribution in [0.1, 0.15) is 61.3 Å². The number of aryl methyl sites for hydroxylation is 1. The molecule has 0 saturated carbocycles. The molecule has 0 spiro atoms. The predicted molar refractivity (Wildman–Crippen MR) is 145 cm³/mol. The van der Waals surface area contributed by atoms with Crippen LogP contribution in [0.2, 0.25) is 0 Å². The van der Waals surface area contributed by atoms with Crippen molar-refractivity contribution < 1.29 is 14.3 Å². The van der Waals surface area contributed by atoms with Gasteiger partial charge in [-0.25, -0.2) is 14.2 Å². The van der Waals surface area contributed by atoms with E-state index in [0.29, 0.717) is 28.1 Å². The molecule has 4 rings (SSSR count). The van der Waals surface area contributed by atoms with E-state index in [1.165, 1.54) is 12.1 Å². The molecule has 2 heterocycles. The van der Waals surface area contributed by atoms with E-state index < -0.39 is 17.2 Å². The topological polar surface area (TPSA) is 129 Å². The molecule has 0 aliphatic rings. The normalized spacial score (nSPS) is 10.9. The maximum atomic E-state index is 14.1. The van der Waals surface area contributed by atoms with Gasteiger partial charge in [-0.1, -0.05) is 39.8 Å². The largest absolute Gasteiger partial charge is 0.478 e. The summed E-state index contributed by atoms with van der Waals surface area (Å²) in [7, 11) is 0. The number of nitrogens with two attached hydrogens (primary N) is 1. The highest BCUT2D eigenvalue weighted by molar-refractivity contribution is 6.05. The summed E-state index contributed by atoms with van der Waals surface area (Å²) in [4.78, 5) is 15.8. The Morgan fingerprint density at radius 2 is 1.89 bits per heavy atom. The lowest BCUT2D eigenvalue weighted by atomic mass is 9.81. The third-order valence-electron chi connectivity index (χ3n) is 6.17. The second kappa shape index (κ2) is 10.6. The highest BCUT2D eigenvalue weighted by Gasteiger charge is 2.32. The number of nitrogens with one attached hydrogen (secondary N) is 1. The Kier molecular flexibility index (Phi) is 7.78. The van der Waals surface area contributed by atoms with Crippen LogP contribution in [0.5, 0.6) is 0 Å². The number of hydrogen-bond acceptors (Lipinski definition) is 5.